The molecule has 1 aliphatic heterocycles. The standard InChI is InChI=1S/C19H21F3N2O2/c20-19(21,22)16-7-4-8-17(13-16)26-18(25)24-11-9-23(10-12-24)14-15-5-2-1-3-6-15/h1-8,13,18,25H,9-12,14H2. The van der Waals surface area contributed by atoms with E-state index in [9.17, 15) is 18.3 Å². The van der Waals surface area contributed by atoms with Crippen LogP contribution in [-0.2, 0) is 12.7 Å². The summed E-state index contributed by atoms with van der Waals surface area (Å²) in [7, 11) is 0. The van der Waals surface area contributed by atoms with Gasteiger partial charge >= 0.3 is 6.18 Å². The molecule has 140 valence electrons. The van der Waals surface area contributed by atoms with Gasteiger partial charge in [-0.25, -0.2) is 4.90 Å². The Kier molecular flexibility index (Phi) is 5.80. The Morgan fingerprint density at radius 1 is 0.962 bits per heavy atom. The first kappa shape index (κ1) is 18.7. The van der Waals surface area contributed by atoms with E-state index in [1.807, 2.05) is 18.2 Å². The first-order valence-corrected chi connectivity index (χ1v) is 8.44. The Labute approximate surface area is 150 Å². The minimum Gasteiger partial charge on any atom is -0.451 e. The van der Waals surface area contributed by atoms with Gasteiger partial charge in [0.15, 0.2) is 0 Å². The van der Waals surface area contributed by atoms with Crippen LogP contribution in [0.1, 0.15) is 11.1 Å². The van der Waals surface area contributed by atoms with Crippen molar-refractivity contribution < 1.29 is 23.0 Å². The van der Waals surface area contributed by atoms with Crippen LogP contribution in [0.5, 0.6) is 5.75 Å². The lowest BCUT2D eigenvalue weighted by Crippen LogP contribution is -2.51. The second-order valence-corrected chi connectivity index (χ2v) is 6.27. The number of piperazine rings is 1. The van der Waals surface area contributed by atoms with Gasteiger partial charge in [-0.3, -0.25) is 4.90 Å². The van der Waals surface area contributed by atoms with Crippen LogP contribution in [0, 0.1) is 0 Å². The van der Waals surface area contributed by atoms with Crippen molar-refractivity contribution in [2.45, 2.75) is 19.1 Å². The molecule has 1 atom stereocenters. The zero-order chi connectivity index (χ0) is 18.6. The number of hydrogen-bond donors (Lipinski definition) is 1. The molecule has 1 N–H and O–H groups in total. The second kappa shape index (κ2) is 8.07. The number of alkyl halides is 3. The van der Waals surface area contributed by atoms with Gasteiger partial charge in [-0.2, -0.15) is 13.2 Å². The van der Waals surface area contributed by atoms with Crippen LogP contribution >= 0.6 is 0 Å². The smallest absolute Gasteiger partial charge is 0.416 e. The number of halogens is 3. The summed E-state index contributed by atoms with van der Waals surface area (Å²) in [5, 5.41) is 10.2. The second-order valence-electron chi connectivity index (χ2n) is 6.27. The normalized spacial score (nSPS) is 17.8. The predicted octanol–water partition coefficient (Wildman–Crippen LogP) is 3.18. The van der Waals surface area contributed by atoms with E-state index in [0.717, 1.165) is 31.8 Å². The molecule has 2 aromatic rings. The predicted molar refractivity (Wildman–Crippen MR) is 91.4 cm³/mol. The molecule has 0 aromatic heterocycles. The maximum atomic E-state index is 12.7. The highest BCUT2D eigenvalue weighted by Gasteiger charge is 2.31. The largest absolute Gasteiger partial charge is 0.451 e. The Hall–Kier alpha value is -2.09. The molecule has 1 heterocycles. The van der Waals surface area contributed by atoms with Crippen LogP contribution in [0.2, 0.25) is 0 Å². The molecular weight excluding hydrogens is 345 g/mol. The minimum absolute atomic E-state index is 0.000889. The van der Waals surface area contributed by atoms with Gasteiger partial charge in [0.1, 0.15) is 5.75 Å². The van der Waals surface area contributed by atoms with Crippen molar-refractivity contribution in [3.63, 3.8) is 0 Å². The molecular formula is C19H21F3N2O2. The molecule has 3 rings (SSSR count). The summed E-state index contributed by atoms with van der Waals surface area (Å²) in [4.78, 5) is 3.98. The van der Waals surface area contributed by atoms with Gasteiger partial charge in [-0.05, 0) is 23.8 Å². The summed E-state index contributed by atoms with van der Waals surface area (Å²) in [5.74, 6) is -0.000889. The Morgan fingerprint density at radius 3 is 2.31 bits per heavy atom. The highest BCUT2D eigenvalue weighted by Crippen LogP contribution is 2.31. The van der Waals surface area contributed by atoms with Gasteiger partial charge in [0, 0.05) is 32.7 Å². The number of rotatable bonds is 5. The maximum absolute atomic E-state index is 12.7. The van der Waals surface area contributed by atoms with E-state index >= 15 is 0 Å². The number of benzene rings is 2. The molecule has 7 heteroatoms. The third kappa shape index (κ3) is 4.97. The van der Waals surface area contributed by atoms with E-state index in [-0.39, 0.29) is 5.75 Å². The van der Waals surface area contributed by atoms with Crippen molar-refractivity contribution in [2.75, 3.05) is 26.2 Å². The van der Waals surface area contributed by atoms with Crippen LogP contribution in [-0.4, -0.2) is 47.5 Å². The lowest BCUT2D eigenvalue weighted by molar-refractivity contribution is -0.149. The number of hydrogen-bond acceptors (Lipinski definition) is 4. The van der Waals surface area contributed by atoms with Crippen molar-refractivity contribution >= 4 is 0 Å². The Balaban J connectivity index is 1.52. The summed E-state index contributed by atoms with van der Waals surface area (Å²) in [6, 6.07) is 14.7. The lowest BCUT2D eigenvalue weighted by atomic mass is 10.2. The molecule has 1 unspecified atom stereocenters. The average Bonchev–Trinajstić information content (AvgIpc) is 2.63. The molecule has 0 saturated carbocycles. The number of nitrogens with zero attached hydrogens (tertiary/aromatic N) is 2. The van der Waals surface area contributed by atoms with Crippen LogP contribution in [0.3, 0.4) is 0 Å². The molecule has 1 fully saturated rings. The molecule has 4 nitrogen and oxygen atoms in total. The van der Waals surface area contributed by atoms with Crippen molar-refractivity contribution in [1.82, 2.24) is 9.80 Å². The topological polar surface area (TPSA) is 35.9 Å². The molecule has 1 aliphatic rings. The number of aliphatic hydroxyl groups is 1. The molecule has 26 heavy (non-hydrogen) atoms. The third-order valence-electron chi connectivity index (χ3n) is 4.37. The zero-order valence-electron chi connectivity index (χ0n) is 14.2. The summed E-state index contributed by atoms with van der Waals surface area (Å²) < 4.78 is 43.5. The van der Waals surface area contributed by atoms with E-state index in [4.69, 9.17) is 4.74 Å². The fraction of sp³-hybridized carbons (Fsp3) is 0.368. The van der Waals surface area contributed by atoms with Gasteiger partial charge in [0.2, 0.25) is 0 Å². The highest BCUT2D eigenvalue weighted by atomic mass is 19.4. The van der Waals surface area contributed by atoms with Crippen LogP contribution in [0.15, 0.2) is 54.6 Å². The molecule has 0 bridgehead atoms. The minimum atomic E-state index is -4.44. The van der Waals surface area contributed by atoms with Crippen molar-refractivity contribution in [3.8, 4) is 5.75 Å². The molecule has 0 aliphatic carbocycles. The Bertz CT molecular complexity index is 701. The lowest BCUT2D eigenvalue weighted by Gasteiger charge is -2.36. The summed E-state index contributed by atoms with van der Waals surface area (Å²) >= 11 is 0. The van der Waals surface area contributed by atoms with E-state index in [1.54, 1.807) is 4.90 Å². The highest BCUT2D eigenvalue weighted by molar-refractivity contribution is 5.30. The summed E-state index contributed by atoms with van der Waals surface area (Å²) in [5.41, 5.74) is 0.427. The van der Waals surface area contributed by atoms with Crippen LogP contribution < -0.4 is 4.74 Å². The molecule has 0 spiro atoms. The van der Waals surface area contributed by atoms with Gasteiger partial charge in [-0.15, -0.1) is 0 Å². The molecule has 0 radical (unpaired) electrons. The fourth-order valence-electron chi connectivity index (χ4n) is 2.93. The van der Waals surface area contributed by atoms with Crippen molar-refractivity contribution in [2.24, 2.45) is 0 Å². The van der Waals surface area contributed by atoms with Gasteiger partial charge < -0.3 is 9.84 Å². The molecule has 0 amide bonds. The average molecular weight is 366 g/mol. The zero-order valence-corrected chi connectivity index (χ0v) is 14.2. The SMILES string of the molecule is OC(Oc1cccc(C(F)(F)F)c1)N1CCN(Cc2ccccc2)CC1. The summed E-state index contributed by atoms with van der Waals surface area (Å²) in [6.07, 6.45) is -5.70. The van der Waals surface area contributed by atoms with E-state index in [0.29, 0.717) is 13.1 Å². The number of ether oxygens (including phenoxy) is 1. The summed E-state index contributed by atoms with van der Waals surface area (Å²) in [6.45, 7) is 3.48. The molecule has 2 aromatic carbocycles. The Morgan fingerprint density at radius 2 is 1.65 bits per heavy atom. The van der Waals surface area contributed by atoms with Crippen LogP contribution in [0.25, 0.3) is 0 Å². The van der Waals surface area contributed by atoms with Gasteiger partial charge in [0.25, 0.3) is 6.41 Å². The van der Waals surface area contributed by atoms with Crippen molar-refractivity contribution in [3.05, 3.63) is 65.7 Å². The fourth-order valence-corrected chi connectivity index (χ4v) is 2.93. The van der Waals surface area contributed by atoms with Crippen LogP contribution in [0.4, 0.5) is 13.2 Å². The van der Waals surface area contributed by atoms with Gasteiger partial charge in [-0.1, -0.05) is 36.4 Å². The third-order valence-corrected chi connectivity index (χ3v) is 4.37. The van der Waals surface area contributed by atoms with Crippen molar-refractivity contribution in [1.29, 1.82) is 0 Å². The van der Waals surface area contributed by atoms with E-state index in [2.05, 4.69) is 17.0 Å². The monoisotopic (exact) mass is 366 g/mol. The number of aliphatic hydroxyl groups excluding tert-OH is 1. The first-order chi connectivity index (χ1) is 12.4. The molecule has 1 saturated heterocycles. The quantitative estimate of drug-likeness (QED) is 0.825. The van der Waals surface area contributed by atoms with Gasteiger partial charge in [0.05, 0.1) is 5.56 Å². The van der Waals surface area contributed by atoms with E-state index in [1.165, 1.54) is 17.7 Å². The maximum Gasteiger partial charge on any atom is 0.416 e. The van der Waals surface area contributed by atoms with E-state index < -0.39 is 18.2 Å². The first-order valence-electron chi connectivity index (χ1n) is 8.44.